The maximum absolute atomic E-state index is 13.4. The van der Waals surface area contributed by atoms with Crippen molar-refractivity contribution in [1.82, 2.24) is 18.9 Å². The number of imidazole rings is 1. The van der Waals surface area contributed by atoms with Crippen LogP contribution in [0.25, 0.3) is 15.9 Å². The summed E-state index contributed by atoms with van der Waals surface area (Å²) in [5, 5.41) is 1.58. The Kier molecular flexibility index (Phi) is 5.39. The van der Waals surface area contributed by atoms with Crippen LogP contribution < -0.4 is 5.56 Å². The molecule has 4 aromatic heterocycles. The van der Waals surface area contributed by atoms with Gasteiger partial charge in [0.05, 0.1) is 24.2 Å². The predicted octanol–water partition coefficient (Wildman–Crippen LogP) is 4.23. The second-order valence-electron chi connectivity index (χ2n) is 7.73. The largest absolute Gasteiger partial charge is 0.383 e. The fourth-order valence-electron chi connectivity index (χ4n) is 4.07. The van der Waals surface area contributed by atoms with Gasteiger partial charge in [0.15, 0.2) is 5.16 Å². The number of ether oxygens (including phenoxy) is 1. The Labute approximate surface area is 182 Å². The molecule has 1 aliphatic carbocycles. The van der Waals surface area contributed by atoms with Crippen molar-refractivity contribution >= 4 is 39.0 Å². The summed E-state index contributed by atoms with van der Waals surface area (Å²) in [6, 6.07) is 4.09. The van der Waals surface area contributed by atoms with Gasteiger partial charge in [0.1, 0.15) is 10.5 Å². The van der Waals surface area contributed by atoms with Gasteiger partial charge in [0.25, 0.3) is 5.56 Å². The Morgan fingerprint density at radius 3 is 2.93 bits per heavy atom. The summed E-state index contributed by atoms with van der Waals surface area (Å²) in [7, 11) is 1.66. The quantitative estimate of drug-likeness (QED) is 0.332. The Bertz CT molecular complexity index is 1290. The average molecular weight is 441 g/mol. The number of thiophene rings is 1. The Balaban J connectivity index is 1.52. The van der Waals surface area contributed by atoms with Gasteiger partial charge in [-0.2, -0.15) is 0 Å². The van der Waals surface area contributed by atoms with E-state index < -0.39 is 0 Å². The van der Waals surface area contributed by atoms with Gasteiger partial charge in [0, 0.05) is 30.1 Å². The van der Waals surface area contributed by atoms with E-state index in [1.54, 1.807) is 34.8 Å². The minimum Gasteiger partial charge on any atom is -0.383 e. The van der Waals surface area contributed by atoms with E-state index in [9.17, 15) is 4.79 Å². The summed E-state index contributed by atoms with van der Waals surface area (Å²) in [6.45, 7) is 3.07. The first-order valence-corrected chi connectivity index (χ1v) is 12.1. The summed E-state index contributed by atoms with van der Waals surface area (Å²) in [5.74, 6) is 0.663. The van der Waals surface area contributed by atoms with E-state index in [0.717, 1.165) is 46.0 Å². The van der Waals surface area contributed by atoms with Crippen molar-refractivity contribution in [1.29, 1.82) is 0 Å². The van der Waals surface area contributed by atoms with Crippen molar-refractivity contribution in [3.8, 4) is 0 Å². The minimum atomic E-state index is 0.0737. The Morgan fingerprint density at radius 1 is 1.20 bits per heavy atom. The molecule has 0 saturated heterocycles. The van der Waals surface area contributed by atoms with Crippen LogP contribution in [0.1, 0.15) is 34.5 Å². The van der Waals surface area contributed by atoms with E-state index in [2.05, 4.69) is 25.4 Å². The third kappa shape index (κ3) is 3.57. The van der Waals surface area contributed by atoms with E-state index in [-0.39, 0.29) is 5.56 Å². The smallest absolute Gasteiger partial charge is 0.263 e. The first-order valence-electron chi connectivity index (χ1n) is 10.2. The number of fused-ring (bicyclic) bond motifs is 4. The SMILES string of the molecule is COCCn1c(SCc2cn3cc(C)ccc3n2)nc2sc3c(c2c1=O)CCCC3. The zero-order chi connectivity index (χ0) is 20.7. The van der Waals surface area contributed by atoms with E-state index in [1.807, 2.05) is 10.5 Å². The van der Waals surface area contributed by atoms with Gasteiger partial charge in [-0.05, 0) is 49.8 Å². The highest BCUT2D eigenvalue weighted by Gasteiger charge is 2.22. The monoisotopic (exact) mass is 440 g/mol. The van der Waals surface area contributed by atoms with E-state index in [0.29, 0.717) is 18.9 Å². The molecule has 156 valence electrons. The third-order valence-electron chi connectivity index (χ3n) is 5.56. The van der Waals surface area contributed by atoms with Crippen molar-refractivity contribution < 1.29 is 4.74 Å². The van der Waals surface area contributed by atoms with E-state index in [4.69, 9.17) is 14.7 Å². The number of hydrogen-bond donors (Lipinski definition) is 0. The number of hydrogen-bond acceptors (Lipinski definition) is 6. The summed E-state index contributed by atoms with van der Waals surface area (Å²) >= 11 is 3.27. The first kappa shape index (κ1) is 19.8. The number of pyridine rings is 1. The van der Waals surface area contributed by atoms with Crippen LogP contribution in [-0.2, 0) is 29.9 Å². The van der Waals surface area contributed by atoms with Crippen molar-refractivity contribution in [3.63, 3.8) is 0 Å². The minimum absolute atomic E-state index is 0.0737. The third-order valence-corrected chi connectivity index (χ3v) is 7.75. The molecular weight excluding hydrogens is 416 g/mol. The van der Waals surface area contributed by atoms with E-state index >= 15 is 0 Å². The summed E-state index contributed by atoms with van der Waals surface area (Å²) in [4.78, 5) is 25.3. The second-order valence-corrected chi connectivity index (χ2v) is 9.75. The molecule has 5 rings (SSSR count). The molecule has 6 nitrogen and oxygen atoms in total. The zero-order valence-corrected chi connectivity index (χ0v) is 18.8. The summed E-state index contributed by atoms with van der Waals surface area (Å²) < 4.78 is 9.10. The zero-order valence-electron chi connectivity index (χ0n) is 17.2. The highest BCUT2D eigenvalue weighted by Crippen LogP contribution is 2.35. The van der Waals surface area contributed by atoms with Crippen LogP contribution in [0.3, 0.4) is 0 Å². The van der Waals surface area contributed by atoms with E-state index in [1.165, 1.54) is 22.4 Å². The van der Waals surface area contributed by atoms with Gasteiger partial charge < -0.3 is 9.14 Å². The summed E-state index contributed by atoms with van der Waals surface area (Å²) in [5.41, 5.74) is 4.41. The highest BCUT2D eigenvalue weighted by molar-refractivity contribution is 7.98. The van der Waals surface area contributed by atoms with Gasteiger partial charge in [-0.3, -0.25) is 9.36 Å². The van der Waals surface area contributed by atoms with Crippen LogP contribution in [0, 0.1) is 6.92 Å². The van der Waals surface area contributed by atoms with Gasteiger partial charge in [-0.25, -0.2) is 9.97 Å². The van der Waals surface area contributed by atoms with Crippen LogP contribution in [0.2, 0.25) is 0 Å². The molecule has 0 bridgehead atoms. The Morgan fingerprint density at radius 2 is 2.07 bits per heavy atom. The number of aryl methyl sites for hydroxylation is 3. The lowest BCUT2D eigenvalue weighted by atomic mass is 9.97. The molecule has 0 fully saturated rings. The number of aromatic nitrogens is 4. The number of thioether (sulfide) groups is 1. The molecule has 0 aliphatic heterocycles. The molecule has 4 heterocycles. The van der Waals surface area contributed by atoms with Crippen molar-refractivity contribution in [2.24, 2.45) is 0 Å². The Hall–Kier alpha value is -2.16. The van der Waals surface area contributed by atoms with Crippen LogP contribution in [0.5, 0.6) is 0 Å². The molecule has 0 atom stereocenters. The van der Waals surface area contributed by atoms with Crippen molar-refractivity contribution in [3.05, 3.63) is 56.6 Å². The fraction of sp³-hybridized carbons (Fsp3) is 0.409. The van der Waals surface area contributed by atoms with Crippen molar-refractivity contribution in [2.75, 3.05) is 13.7 Å². The van der Waals surface area contributed by atoms with Gasteiger partial charge in [0.2, 0.25) is 0 Å². The topological polar surface area (TPSA) is 61.4 Å². The highest BCUT2D eigenvalue weighted by atomic mass is 32.2. The molecular formula is C22H24N4O2S2. The maximum Gasteiger partial charge on any atom is 0.263 e. The fourth-order valence-corrected chi connectivity index (χ4v) is 6.28. The lowest BCUT2D eigenvalue weighted by molar-refractivity contribution is 0.183. The number of rotatable bonds is 6. The molecule has 30 heavy (non-hydrogen) atoms. The van der Waals surface area contributed by atoms with Gasteiger partial charge in [-0.1, -0.05) is 17.8 Å². The first-order chi connectivity index (χ1) is 14.6. The second kappa shape index (κ2) is 8.17. The normalized spacial score (nSPS) is 13.9. The molecule has 0 saturated carbocycles. The molecule has 0 N–H and O–H groups in total. The predicted molar refractivity (Wildman–Crippen MR) is 122 cm³/mol. The standard InChI is InChI=1S/C22H24N4O2S2/c1-14-7-8-18-23-15(12-25(18)11-14)13-29-22-24-20-19(21(27)26(22)9-10-28-2)16-5-3-4-6-17(16)30-20/h7-8,11-12H,3-6,9-10,13H2,1-2H3. The molecule has 1 aliphatic rings. The lowest BCUT2D eigenvalue weighted by Gasteiger charge is -2.13. The van der Waals surface area contributed by atoms with Crippen LogP contribution in [0.4, 0.5) is 0 Å². The average Bonchev–Trinajstić information content (AvgIpc) is 3.31. The molecule has 0 amide bonds. The molecule has 0 radical (unpaired) electrons. The molecule has 0 unspecified atom stereocenters. The summed E-state index contributed by atoms with van der Waals surface area (Å²) in [6.07, 6.45) is 8.54. The number of methoxy groups -OCH3 is 1. The van der Waals surface area contributed by atoms with Crippen LogP contribution in [-0.4, -0.2) is 32.7 Å². The molecule has 8 heteroatoms. The van der Waals surface area contributed by atoms with Crippen molar-refractivity contribution in [2.45, 2.75) is 50.1 Å². The van der Waals surface area contributed by atoms with Gasteiger partial charge in [-0.15, -0.1) is 11.3 Å². The van der Waals surface area contributed by atoms with Crippen LogP contribution in [0.15, 0.2) is 34.5 Å². The molecule has 0 aromatic carbocycles. The van der Waals surface area contributed by atoms with Gasteiger partial charge >= 0.3 is 0 Å². The maximum atomic E-state index is 13.4. The molecule has 0 spiro atoms. The van der Waals surface area contributed by atoms with Crippen LogP contribution >= 0.6 is 23.1 Å². The lowest BCUT2D eigenvalue weighted by Crippen LogP contribution is -2.25. The number of nitrogens with zero attached hydrogens (tertiary/aromatic N) is 4. The molecule has 4 aromatic rings.